The number of hydrogen-bond donors (Lipinski definition) is 0. The van der Waals surface area contributed by atoms with Crippen LogP contribution >= 0.6 is 23.5 Å². The monoisotopic (exact) mass is 317 g/mol. The predicted octanol–water partition coefficient (Wildman–Crippen LogP) is -3.86. The Morgan fingerprint density at radius 3 is 1.07 bits per heavy atom. The summed E-state index contributed by atoms with van der Waals surface area (Å²) >= 11 is 0. The van der Waals surface area contributed by atoms with Crippen molar-refractivity contribution in [2.45, 2.75) is 0 Å². The molecule has 0 amide bonds. The van der Waals surface area contributed by atoms with Gasteiger partial charge in [-0.3, -0.25) is 13.2 Å². The normalized spacial score (nSPS) is 13.5. The van der Waals surface area contributed by atoms with Gasteiger partial charge in [-0.2, -0.15) is 0 Å². The number of phosphoric acid groups is 3. The molecule has 0 rings (SSSR count). The molecule has 10 nitrogen and oxygen atoms in total. The second-order valence-electron chi connectivity index (χ2n) is 1.50. The van der Waals surface area contributed by atoms with Gasteiger partial charge in [0, 0.05) is 0 Å². The van der Waals surface area contributed by atoms with Crippen molar-refractivity contribution in [3.63, 3.8) is 0 Å². The second-order valence-corrected chi connectivity index (χ2v) is 5.49. The molecule has 14 heavy (non-hydrogen) atoms. The summed E-state index contributed by atoms with van der Waals surface area (Å²) < 4.78 is 34.7. The van der Waals surface area contributed by atoms with Crippen LogP contribution in [0.25, 0.3) is 0 Å². The Kier molecular flexibility index (Phi) is 6.71. The molecule has 14 heteroatoms. The third kappa shape index (κ3) is 11.1. The zero-order valence-electron chi connectivity index (χ0n) is 6.13. The van der Waals surface area contributed by atoms with Gasteiger partial charge < -0.3 is 33.6 Å². The molecule has 0 radical (unpaired) electrons. The Morgan fingerprint density at radius 1 is 0.714 bits per heavy atom. The summed E-state index contributed by atoms with van der Waals surface area (Å²) in [6.45, 7) is 0. The summed E-state index contributed by atoms with van der Waals surface area (Å²) in [4.78, 5) is 48.6. The van der Waals surface area contributed by atoms with E-state index in [1.807, 2.05) is 0 Å². The van der Waals surface area contributed by atoms with Crippen molar-refractivity contribution in [1.82, 2.24) is 0 Å². The van der Waals surface area contributed by atoms with Crippen molar-refractivity contribution in [3.05, 3.63) is 0 Å². The van der Waals surface area contributed by atoms with Crippen LogP contribution in [0.3, 0.4) is 0 Å². The van der Waals surface area contributed by atoms with Gasteiger partial charge in [-0.1, -0.05) is 0 Å². The van der Waals surface area contributed by atoms with Gasteiger partial charge in [0.1, 0.15) is 0 Å². The average molecular weight is 318 g/mol. The van der Waals surface area contributed by atoms with E-state index in [4.69, 9.17) is 0 Å². The van der Waals surface area contributed by atoms with E-state index in [-0.39, 0.29) is 19.5 Å². The van der Waals surface area contributed by atoms with Gasteiger partial charge in [0.2, 0.25) is 0 Å². The maximum atomic E-state index is 10.1. The van der Waals surface area contributed by atoms with Gasteiger partial charge >= 0.3 is 19.5 Å². The van der Waals surface area contributed by atoms with Crippen LogP contribution in [0.15, 0.2) is 0 Å². The fourth-order valence-corrected chi connectivity index (χ4v) is 2.61. The van der Waals surface area contributed by atoms with Crippen LogP contribution in [0, 0.1) is 0 Å². The van der Waals surface area contributed by atoms with E-state index >= 15 is 0 Å². The zero-order valence-corrected chi connectivity index (χ0v) is 11.8. The van der Waals surface area contributed by atoms with Crippen molar-refractivity contribution in [2.24, 2.45) is 0 Å². The molecule has 0 aromatic carbocycles. The Hall–Kier alpha value is 1.03. The number of hydrogen-bond acceptors (Lipinski definition) is 10. The molecular formula is O10P3Zn-3. The molecule has 0 aromatic rings. The van der Waals surface area contributed by atoms with E-state index in [0.29, 0.717) is 0 Å². The van der Waals surface area contributed by atoms with E-state index in [9.17, 15) is 38.2 Å². The molecular weight excluding hydrogens is 318 g/mol. The van der Waals surface area contributed by atoms with Gasteiger partial charge in [-0.05, 0) is 0 Å². The summed E-state index contributed by atoms with van der Waals surface area (Å²) in [6, 6.07) is 0. The molecule has 0 aromatic heterocycles. The fourth-order valence-electron chi connectivity index (χ4n) is 0.260. The van der Waals surface area contributed by atoms with Crippen molar-refractivity contribution in [3.8, 4) is 0 Å². The molecule has 0 bridgehead atoms. The minimum atomic E-state index is -5.97. The van der Waals surface area contributed by atoms with Crippen molar-refractivity contribution >= 4 is 23.5 Å². The van der Waals surface area contributed by atoms with Crippen LogP contribution in [0.4, 0.5) is 0 Å². The predicted molar refractivity (Wildman–Crippen MR) is 25.0 cm³/mol. The summed E-state index contributed by atoms with van der Waals surface area (Å²) in [5.41, 5.74) is 0. The number of rotatable bonds is 4. The largest absolute Gasteiger partial charge is 2.00 e. The first-order valence-electron chi connectivity index (χ1n) is 2.19. The Morgan fingerprint density at radius 2 is 0.929 bits per heavy atom. The molecule has 0 heterocycles. The molecule has 0 unspecified atom stereocenters. The van der Waals surface area contributed by atoms with Gasteiger partial charge in [-0.15, -0.1) is 0 Å². The third-order valence-electron chi connectivity index (χ3n) is 0.400. The fraction of sp³-hybridized carbons (Fsp3) is 0. The third-order valence-corrected chi connectivity index (χ3v) is 3.60. The van der Waals surface area contributed by atoms with Gasteiger partial charge in [0.05, 0.1) is 15.6 Å². The van der Waals surface area contributed by atoms with Crippen molar-refractivity contribution in [2.75, 3.05) is 0 Å². The van der Waals surface area contributed by atoms with Crippen LogP contribution in [0.1, 0.15) is 0 Å². The van der Waals surface area contributed by atoms with Gasteiger partial charge in [-0.25, -0.2) is 0 Å². The quantitative estimate of drug-likeness (QED) is 0.367. The van der Waals surface area contributed by atoms with E-state index in [1.54, 1.807) is 0 Å². The molecule has 0 N–H and O–H groups in total. The summed E-state index contributed by atoms with van der Waals surface area (Å²) in [5, 5.41) is 0. The van der Waals surface area contributed by atoms with E-state index in [1.165, 1.54) is 0 Å². The zero-order chi connectivity index (χ0) is 10.9. The Labute approximate surface area is 90.1 Å². The second kappa shape index (κ2) is 5.39. The van der Waals surface area contributed by atoms with Crippen LogP contribution < -0.4 is 24.5 Å². The average Bonchev–Trinajstić information content (AvgIpc) is 1.43. The molecule has 0 atom stereocenters. The first-order valence-corrected chi connectivity index (χ1v) is 6.57. The summed E-state index contributed by atoms with van der Waals surface area (Å²) in [5.74, 6) is 0. The standard InChI is InChI=1S/H5O10P3.Zn/c1-11(2,3)9-13(7,8)10-12(4,5)6;/h(H,7,8)(H2,1,2,3)(H2,4,5,6);/q;+2/p-5. The molecule has 0 aliphatic heterocycles. The smallest absolute Gasteiger partial charge is 0.790 e. The Balaban J connectivity index is 0. The van der Waals surface area contributed by atoms with Crippen LogP contribution in [-0.4, -0.2) is 0 Å². The van der Waals surface area contributed by atoms with Crippen molar-refractivity contribution < 1.29 is 66.3 Å². The van der Waals surface area contributed by atoms with E-state index < -0.39 is 23.5 Å². The molecule has 0 spiro atoms. The van der Waals surface area contributed by atoms with E-state index in [2.05, 4.69) is 8.62 Å². The molecule has 0 saturated heterocycles. The summed E-state index contributed by atoms with van der Waals surface area (Å²) in [7, 11) is -17.9. The maximum Gasteiger partial charge on any atom is 2.00 e. The molecule has 0 saturated carbocycles. The molecule has 0 fully saturated rings. The minimum absolute atomic E-state index is 0. The Bertz CT molecular complexity index is 277. The van der Waals surface area contributed by atoms with E-state index in [0.717, 1.165) is 0 Å². The molecule has 80 valence electrons. The van der Waals surface area contributed by atoms with Gasteiger partial charge in [0.25, 0.3) is 7.82 Å². The molecule has 0 aliphatic carbocycles. The van der Waals surface area contributed by atoms with Crippen LogP contribution in [-0.2, 0) is 41.8 Å². The van der Waals surface area contributed by atoms with Crippen LogP contribution in [0.5, 0.6) is 0 Å². The SMILES string of the molecule is O=P([O-])([O-])OP(=O)([O-])OP(=O)([O-])[O-].[Zn+2]. The van der Waals surface area contributed by atoms with Crippen molar-refractivity contribution in [1.29, 1.82) is 0 Å². The molecule has 0 aliphatic rings. The van der Waals surface area contributed by atoms with Gasteiger partial charge in [0.15, 0.2) is 0 Å². The topological polar surface area (TPSA) is 185 Å². The first kappa shape index (κ1) is 17.4. The summed E-state index contributed by atoms with van der Waals surface area (Å²) in [6.07, 6.45) is 0. The maximum absolute atomic E-state index is 10.1. The minimum Gasteiger partial charge on any atom is -0.790 e. The first-order chi connectivity index (χ1) is 5.41. The van der Waals surface area contributed by atoms with Crippen LogP contribution in [0.2, 0.25) is 0 Å².